The molecule has 1 unspecified atom stereocenters. The monoisotopic (exact) mass is 427 g/mol. The lowest BCUT2D eigenvalue weighted by molar-refractivity contribution is 0.0447. The van der Waals surface area contributed by atoms with Gasteiger partial charge in [-0.25, -0.2) is 4.98 Å². The van der Waals surface area contributed by atoms with E-state index in [1.54, 1.807) is 5.51 Å². The number of hydrogen-bond acceptors (Lipinski definition) is 5. The minimum atomic E-state index is 0.132. The molecule has 0 N–H and O–H groups in total. The maximum Gasteiger partial charge on any atom is 0.265 e. The molecule has 162 valence electrons. The fraction of sp³-hybridized carbons (Fsp3) is 0.583. The van der Waals surface area contributed by atoms with Gasteiger partial charge >= 0.3 is 0 Å². The Bertz CT molecular complexity index is 838. The number of amides is 1. The van der Waals surface area contributed by atoms with Gasteiger partial charge in [-0.1, -0.05) is 24.3 Å². The van der Waals surface area contributed by atoms with Gasteiger partial charge in [0.15, 0.2) is 0 Å². The van der Waals surface area contributed by atoms with Crippen molar-refractivity contribution in [3.63, 3.8) is 0 Å². The van der Waals surface area contributed by atoms with Crippen molar-refractivity contribution < 1.29 is 9.53 Å². The summed E-state index contributed by atoms with van der Waals surface area (Å²) in [5, 5.41) is 0. The van der Waals surface area contributed by atoms with Gasteiger partial charge in [-0.15, -0.1) is 11.3 Å². The predicted molar refractivity (Wildman–Crippen MR) is 121 cm³/mol. The van der Waals surface area contributed by atoms with Gasteiger partial charge in [-0.2, -0.15) is 0 Å². The molecule has 4 rings (SSSR count). The molecule has 1 aromatic carbocycles. The second-order valence-corrected chi connectivity index (χ2v) is 9.61. The Morgan fingerprint density at radius 1 is 1.20 bits per heavy atom. The molecule has 1 aromatic heterocycles. The average molecular weight is 428 g/mol. The molecule has 0 saturated carbocycles. The van der Waals surface area contributed by atoms with E-state index in [9.17, 15) is 4.79 Å². The molecule has 2 aliphatic heterocycles. The minimum Gasteiger partial charge on any atom is -0.376 e. The summed E-state index contributed by atoms with van der Waals surface area (Å²) in [6.07, 6.45) is 4.62. The highest BCUT2D eigenvalue weighted by Crippen LogP contribution is 2.24. The van der Waals surface area contributed by atoms with Crippen LogP contribution in [-0.4, -0.2) is 59.6 Å². The lowest BCUT2D eigenvalue weighted by Gasteiger charge is -2.35. The largest absolute Gasteiger partial charge is 0.376 e. The van der Waals surface area contributed by atoms with Crippen LogP contribution in [0.15, 0.2) is 29.8 Å². The lowest BCUT2D eigenvalue weighted by Crippen LogP contribution is -2.43. The van der Waals surface area contributed by atoms with Gasteiger partial charge in [0.2, 0.25) is 0 Å². The number of ether oxygens (including phenoxy) is 1. The number of carbonyl (C=O) groups excluding carboxylic acids is 1. The molecule has 0 aliphatic carbocycles. The molecule has 2 aliphatic rings. The van der Waals surface area contributed by atoms with Gasteiger partial charge in [0.1, 0.15) is 4.88 Å². The predicted octanol–water partition coefficient (Wildman–Crippen LogP) is 4.29. The van der Waals surface area contributed by atoms with Crippen LogP contribution in [0.1, 0.15) is 52.2 Å². The number of piperidine rings is 1. The van der Waals surface area contributed by atoms with E-state index < -0.39 is 0 Å². The van der Waals surface area contributed by atoms with Crippen LogP contribution in [0.5, 0.6) is 0 Å². The number of aryl methyl sites for hydroxylation is 2. The topological polar surface area (TPSA) is 45.7 Å². The molecule has 30 heavy (non-hydrogen) atoms. The second-order valence-electron chi connectivity index (χ2n) is 8.76. The Morgan fingerprint density at radius 2 is 2.00 bits per heavy atom. The SMILES string of the molecule is Cc1ccccc1CN1CCC(CN(CC2CCCO2)C(=O)c2scnc2C)CC1. The van der Waals surface area contributed by atoms with Crippen LogP contribution in [0.2, 0.25) is 0 Å². The fourth-order valence-corrected chi connectivity index (χ4v) is 5.36. The fourth-order valence-electron chi connectivity index (χ4n) is 4.59. The molecule has 1 amide bonds. The smallest absolute Gasteiger partial charge is 0.265 e. The quantitative estimate of drug-likeness (QED) is 0.661. The third-order valence-electron chi connectivity index (χ3n) is 6.52. The Hall–Kier alpha value is -1.76. The standard InChI is InChI=1S/C24H33N3O2S/c1-18-6-3-4-7-21(18)15-26-11-9-20(10-12-26)14-27(16-22-8-5-13-29-22)24(28)23-19(2)25-17-30-23/h3-4,6-7,17,20,22H,5,8-16H2,1-2H3. The second kappa shape index (κ2) is 10.0. The zero-order valence-corrected chi connectivity index (χ0v) is 19.0. The van der Waals surface area contributed by atoms with Crippen molar-refractivity contribution in [2.24, 2.45) is 5.92 Å². The highest BCUT2D eigenvalue weighted by molar-refractivity contribution is 7.11. The first-order chi connectivity index (χ1) is 14.6. The number of aromatic nitrogens is 1. The van der Waals surface area contributed by atoms with E-state index in [0.29, 0.717) is 12.5 Å². The average Bonchev–Trinajstić information content (AvgIpc) is 3.42. The number of nitrogens with zero attached hydrogens (tertiary/aromatic N) is 3. The van der Waals surface area contributed by atoms with Crippen LogP contribution < -0.4 is 0 Å². The highest BCUT2D eigenvalue weighted by atomic mass is 32.1. The van der Waals surface area contributed by atoms with Crippen molar-refractivity contribution in [3.05, 3.63) is 51.5 Å². The molecule has 2 fully saturated rings. The number of hydrogen-bond donors (Lipinski definition) is 0. The molecule has 0 spiro atoms. The summed E-state index contributed by atoms with van der Waals surface area (Å²) in [7, 11) is 0. The molecule has 6 heteroatoms. The maximum absolute atomic E-state index is 13.3. The maximum atomic E-state index is 13.3. The van der Waals surface area contributed by atoms with Gasteiger partial charge in [0, 0.05) is 26.2 Å². The van der Waals surface area contributed by atoms with E-state index in [4.69, 9.17) is 4.74 Å². The van der Waals surface area contributed by atoms with Crippen LogP contribution in [0.25, 0.3) is 0 Å². The Kier molecular flexibility index (Phi) is 7.18. The molecule has 2 saturated heterocycles. The van der Waals surface area contributed by atoms with Gasteiger partial charge in [-0.3, -0.25) is 9.69 Å². The number of carbonyl (C=O) groups is 1. The summed E-state index contributed by atoms with van der Waals surface area (Å²) >= 11 is 1.46. The first-order valence-corrected chi connectivity index (χ1v) is 12.1. The van der Waals surface area contributed by atoms with Crippen LogP contribution in [0, 0.1) is 19.8 Å². The van der Waals surface area contributed by atoms with Gasteiger partial charge in [-0.05, 0) is 69.7 Å². The summed E-state index contributed by atoms with van der Waals surface area (Å²) < 4.78 is 5.85. The molecule has 3 heterocycles. The third kappa shape index (κ3) is 5.29. The van der Waals surface area contributed by atoms with Gasteiger partial charge in [0.05, 0.1) is 17.3 Å². The molecule has 0 bridgehead atoms. The van der Waals surface area contributed by atoms with Gasteiger partial charge in [0.25, 0.3) is 5.91 Å². The molecule has 2 aromatic rings. The molecular formula is C24H33N3O2S. The summed E-state index contributed by atoms with van der Waals surface area (Å²) in [6, 6.07) is 8.67. The normalized spacial score (nSPS) is 20.5. The van der Waals surface area contributed by atoms with Crippen molar-refractivity contribution >= 4 is 17.2 Å². The lowest BCUT2D eigenvalue weighted by atomic mass is 9.95. The van der Waals surface area contributed by atoms with Crippen LogP contribution in [-0.2, 0) is 11.3 Å². The van der Waals surface area contributed by atoms with Crippen molar-refractivity contribution in [2.75, 3.05) is 32.8 Å². The molecule has 1 atom stereocenters. The third-order valence-corrected chi connectivity index (χ3v) is 7.43. The van der Waals surface area contributed by atoms with Crippen LogP contribution in [0.3, 0.4) is 0 Å². The van der Waals surface area contributed by atoms with Crippen LogP contribution >= 0.6 is 11.3 Å². The van der Waals surface area contributed by atoms with Crippen molar-refractivity contribution in [1.82, 2.24) is 14.8 Å². The first kappa shape index (κ1) is 21.5. The number of thiazole rings is 1. The Morgan fingerprint density at radius 3 is 2.67 bits per heavy atom. The van der Waals surface area contributed by atoms with E-state index in [1.165, 1.54) is 22.5 Å². The molecule has 0 radical (unpaired) electrons. The number of rotatable bonds is 7. The zero-order chi connectivity index (χ0) is 20.9. The van der Waals surface area contributed by atoms with Gasteiger partial charge < -0.3 is 9.64 Å². The van der Waals surface area contributed by atoms with E-state index in [-0.39, 0.29) is 12.0 Å². The summed E-state index contributed by atoms with van der Waals surface area (Å²) in [4.78, 5) is 22.9. The van der Waals surface area contributed by atoms with E-state index in [0.717, 1.165) is 69.0 Å². The summed E-state index contributed by atoms with van der Waals surface area (Å²) in [5.74, 6) is 0.685. The molecule has 5 nitrogen and oxygen atoms in total. The Labute approximate surface area is 184 Å². The minimum absolute atomic E-state index is 0.132. The number of benzene rings is 1. The Balaban J connectivity index is 1.35. The van der Waals surface area contributed by atoms with Crippen molar-refractivity contribution in [2.45, 2.75) is 52.2 Å². The summed E-state index contributed by atoms with van der Waals surface area (Å²) in [6.45, 7) is 9.70. The number of likely N-dealkylation sites (tertiary alicyclic amines) is 1. The first-order valence-electron chi connectivity index (χ1n) is 11.2. The van der Waals surface area contributed by atoms with E-state index in [2.05, 4.69) is 46.0 Å². The van der Waals surface area contributed by atoms with Crippen molar-refractivity contribution in [3.8, 4) is 0 Å². The van der Waals surface area contributed by atoms with Crippen molar-refractivity contribution in [1.29, 1.82) is 0 Å². The van der Waals surface area contributed by atoms with Crippen LogP contribution in [0.4, 0.5) is 0 Å². The molecular weight excluding hydrogens is 394 g/mol. The summed E-state index contributed by atoms with van der Waals surface area (Å²) in [5.41, 5.74) is 5.41. The van der Waals surface area contributed by atoms with E-state index >= 15 is 0 Å². The zero-order valence-electron chi connectivity index (χ0n) is 18.2. The van der Waals surface area contributed by atoms with E-state index in [1.807, 2.05) is 6.92 Å². The highest BCUT2D eigenvalue weighted by Gasteiger charge is 2.29.